The molecule has 3 rings (SSSR count). The van der Waals surface area contributed by atoms with Crippen molar-refractivity contribution < 1.29 is 0 Å². The topological polar surface area (TPSA) is 12.4 Å². The van der Waals surface area contributed by atoms with Crippen LogP contribution in [0.15, 0.2) is 117 Å². The minimum Gasteiger partial charge on any atom is -0.242 e. The van der Waals surface area contributed by atoms with Crippen LogP contribution in [-0.4, -0.2) is 5.04 Å². The Hall–Kier alpha value is -2.23. The van der Waals surface area contributed by atoms with Gasteiger partial charge >= 0.3 is 0 Å². The van der Waals surface area contributed by atoms with Gasteiger partial charge in [0.1, 0.15) is 5.04 Å². The average Bonchev–Trinajstić information content (AvgIpc) is 2.64. The van der Waals surface area contributed by atoms with E-state index in [1.807, 2.05) is 66.7 Å². The monoisotopic (exact) mass is 347 g/mol. The largest absolute Gasteiger partial charge is 0.242 e. The molecule has 3 aromatic carbocycles. The SMILES string of the molecule is C(=CC(=Nc1ccccc1)Sc1ccccc1)Sc1ccccc1. The van der Waals surface area contributed by atoms with Crippen LogP contribution in [0.5, 0.6) is 0 Å². The molecule has 0 aliphatic carbocycles. The lowest BCUT2D eigenvalue weighted by Gasteiger charge is -2.02. The molecule has 0 fully saturated rings. The number of nitrogens with zero attached hydrogens (tertiary/aromatic N) is 1. The van der Waals surface area contributed by atoms with Gasteiger partial charge in [0.2, 0.25) is 0 Å². The fourth-order valence-corrected chi connectivity index (χ4v) is 3.58. The first kappa shape index (κ1) is 16.6. The van der Waals surface area contributed by atoms with Crippen LogP contribution in [0.3, 0.4) is 0 Å². The summed E-state index contributed by atoms with van der Waals surface area (Å²) in [6.07, 6.45) is 2.07. The third-order valence-corrected chi connectivity index (χ3v) is 4.88. The van der Waals surface area contributed by atoms with Crippen LogP contribution < -0.4 is 0 Å². The zero-order valence-electron chi connectivity index (χ0n) is 13.1. The molecule has 0 aliphatic heterocycles. The van der Waals surface area contributed by atoms with E-state index in [4.69, 9.17) is 4.99 Å². The quantitative estimate of drug-likeness (QED) is 0.285. The number of thioether (sulfide) groups is 2. The number of rotatable bonds is 5. The Balaban J connectivity index is 1.78. The molecule has 0 spiro atoms. The van der Waals surface area contributed by atoms with Crippen LogP contribution in [0.25, 0.3) is 0 Å². The zero-order chi connectivity index (χ0) is 16.5. The van der Waals surface area contributed by atoms with E-state index in [1.54, 1.807) is 23.5 Å². The molecular formula is C21H17NS2. The van der Waals surface area contributed by atoms with Crippen molar-refractivity contribution in [3.05, 3.63) is 102 Å². The van der Waals surface area contributed by atoms with Gasteiger partial charge in [0.05, 0.1) is 5.69 Å². The molecule has 0 aromatic heterocycles. The molecule has 0 saturated heterocycles. The summed E-state index contributed by atoms with van der Waals surface area (Å²) in [5.41, 5.74) is 0.963. The van der Waals surface area contributed by atoms with Gasteiger partial charge in [-0.2, -0.15) is 0 Å². The van der Waals surface area contributed by atoms with Crippen LogP contribution in [-0.2, 0) is 0 Å². The summed E-state index contributed by atoms with van der Waals surface area (Å²) in [5, 5.41) is 3.06. The van der Waals surface area contributed by atoms with Crippen molar-refractivity contribution in [2.24, 2.45) is 4.99 Å². The van der Waals surface area contributed by atoms with Gasteiger partial charge in [-0.1, -0.05) is 78.1 Å². The number of hydrogen-bond donors (Lipinski definition) is 0. The van der Waals surface area contributed by atoms with E-state index in [0.717, 1.165) is 10.7 Å². The van der Waals surface area contributed by atoms with E-state index in [2.05, 4.69) is 35.7 Å². The van der Waals surface area contributed by atoms with Crippen molar-refractivity contribution in [2.45, 2.75) is 9.79 Å². The van der Waals surface area contributed by atoms with Crippen LogP contribution in [0.2, 0.25) is 0 Å². The first-order valence-corrected chi connectivity index (χ1v) is 9.35. The second-order valence-corrected chi connectivity index (χ2v) is 7.01. The van der Waals surface area contributed by atoms with Gasteiger partial charge in [0.25, 0.3) is 0 Å². The lowest BCUT2D eigenvalue weighted by atomic mass is 10.3. The van der Waals surface area contributed by atoms with Crippen LogP contribution >= 0.6 is 23.5 Å². The fraction of sp³-hybridized carbons (Fsp3) is 0. The van der Waals surface area contributed by atoms with E-state index in [0.29, 0.717) is 0 Å². The first-order chi connectivity index (χ1) is 11.9. The summed E-state index contributed by atoms with van der Waals surface area (Å²) in [6, 6.07) is 30.7. The van der Waals surface area contributed by atoms with E-state index >= 15 is 0 Å². The Morgan fingerprint density at radius 2 is 1.21 bits per heavy atom. The van der Waals surface area contributed by atoms with E-state index in [9.17, 15) is 0 Å². The van der Waals surface area contributed by atoms with Crippen molar-refractivity contribution in [3.63, 3.8) is 0 Å². The molecular weight excluding hydrogens is 330 g/mol. The van der Waals surface area contributed by atoms with E-state index in [1.165, 1.54) is 9.79 Å². The summed E-state index contributed by atoms with van der Waals surface area (Å²) in [4.78, 5) is 7.17. The third-order valence-electron chi connectivity index (χ3n) is 3.12. The average molecular weight is 348 g/mol. The summed E-state index contributed by atoms with van der Waals surface area (Å²) in [6.45, 7) is 0. The molecule has 1 nitrogen and oxygen atoms in total. The molecule has 0 saturated carbocycles. The standard InChI is InChI=1S/C21H17NS2/c1-4-10-18(11-5-1)22-21(24-20-14-8-3-9-15-20)16-17-23-19-12-6-2-7-13-19/h1-17H. The second-order valence-electron chi connectivity index (χ2n) is 4.93. The van der Waals surface area contributed by atoms with Gasteiger partial charge in [0, 0.05) is 9.79 Å². The van der Waals surface area contributed by atoms with Crippen LogP contribution in [0.1, 0.15) is 0 Å². The lowest BCUT2D eigenvalue weighted by molar-refractivity contribution is 1.47. The summed E-state index contributed by atoms with van der Waals surface area (Å²) in [7, 11) is 0. The number of hydrogen-bond acceptors (Lipinski definition) is 3. The van der Waals surface area contributed by atoms with Crippen molar-refractivity contribution in [1.82, 2.24) is 0 Å². The second kappa shape index (κ2) is 9.16. The van der Waals surface area contributed by atoms with Crippen molar-refractivity contribution >= 4 is 34.3 Å². The molecule has 24 heavy (non-hydrogen) atoms. The lowest BCUT2D eigenvalue weighted by Crippen LogP contribution is -1.86. The van der Waals surface area contributed by atoms with Gasteiger partial charge in [0.15, 0.2) is 0 Å². The van der Waals surface area contributed by atoms with Gasteiger partial charge in [-0.3, -0.25) is 0 Å². The summed E-state index contributed by atoms with van der Waals surface area (Å²) >= 11 is 3.36. The normalized spacial score (nSPS) is 11.8. The fourth-order valence-electron chi connectivity index (χ4n) is 2.00. The molecule has 0 aliphatic rings. The molecule has 118 valence electrons. The van der Waals surface area contributed by atoms with Gasteiger partial charge < -0.3 is 0 Å². The molecule has 3 heteroatoms. The predicted molar refractivity (Wildman–Crippen MR) is 107 cm³/mol. The maximum atomic E-state index is 4.76. The minimum atomic E-state index is 0.963. The maximum Gasteiger partial charge on any atom is 0.102 e. The first-order valence-electron chi connectivity index (χ1n) is 7.65. The smallest absolute Gasteiger partial charge is 0.102 e. The maximum absolute atomic E-state index is 4.76. The van der Waals surface area contributed by atoms with Gasteiger partial charge in [-0.15, -0.1) is 0 Å². The van der Waals surface area contributed by atoms with Crippen molar-refractivity contribution in [1.29, 1.82) is 0 Å². The Morgan fingerprint density at radius 1 is 0.667 bits per heavy atom. The molecule has 0 bridgehead atoms. The zero-order valence-corrected chi connectivity index (χ0v) is 14.7. The highest BCUT2D eigenvalue weighted by Gasteiger charge is 2.00. The van der Waals surface area contributed by atoms with Gasteiger partial charge in [-0.05, 0) is 47.9 Å². The number of benzene rings is 3. The Labute approximate surface area is 151 Å². The molecule has 0 atom stereocenters. The molecule has 0 amide bonds. The Morgan fingerprint density at radius 3 is 1.83 bits per heavy atom. The molecule has 3 aromatic rings. The van der Waals surface area contributed by atoms with E-state index < -0.39 is 0 Å². The molecule has 0 heterocycles. The highest BCUT2D eigenvalue weighted by atomic mass is 32.2. The van der Waals surface area contributed by atoms with Crippen molar-refractivity contribution in [2.75, 3.05) is 0 Å². The van der Waals surface area contributed by atoms with Crippen LogP contribution in [0, 0.1) is 0 Å². The highest BCUT2D eigenvalue weighted by molar-refractivity contribution is 8.14. The molecule has 0 N–H and O–H groups in total. The Bertz CT molecular complexity index is 797. The third kappa shape index (κ3) is 5.44. The summed E-state index contributed by atoms with van der Waals surface area (Å²) < 4.78 is 0. The van der Waals surface area contributed by atoms with Crippen LogP contribution in [0.4, 0.5) is 5.69 Å². The minimum absolute atomic E-state index is 0.963. The molecule has 0 radical (unpaired) electrons. The Kier molecular flexibility index (Phi) is 6.34. The van der Waals surface area contributed by atoms with Crippen molar-refractivity contribution in [3.8, 4) is 0 Å². The molecule has 0 unspecified atom stereocenters. The van der Waals surface area contributed by atoms with Gasteiger partial charge in [-0.25, -0.2) is 4.99 Å². The number of aliphatic imine (C=N–C) groups is 1. The number of para-hydroxylation sites is 1. The summed E-state index contributed by atoms with van der Waals surface area (Å²) in [5.74, 6) is 0. The predicted octanol–water partition coefficient (Wildman–Crippen LogP) is 6.81. The van der Waals surface area contributed by atoms with E-state index in [-0.39, 0.29) is 0 Å². The highest BCUT2D eigenvalue weighted by Crippen LogP contribution is 2.25.